The molecular formula is C16H32O2. The molecule has 0 aromatic rings. The molecule has 1 fully saturated rings. The molecule has 0 aromatic carbocycles. The highest BCUT2D eigenvalue weighted by atomic mass is 16.5. The van der Waals surface area contributed by atoms with E-state index in [-0.39, 0.29) is 11.2 Å². The zero-order valence-corrected chi connectivity index (χ0v) is 13.2. The maximum Gasteiger partial charge on any atom is 0.0598 e. The third kappa shape index (κ3) is 7.38. The van der Waals surface area contributed by atoms with E-state index in [0.717, 1.165) is 25.0 Å². The molecule has 0 aliphatic heterocycles. The molecule has 1 aliphatic rings. The lowest BCUT2D eigenvalue weighted by Gasteiger charge is -2.32. The topological polar surface area (TPSA) is 18.5 Å². The summed E-state index contributed by atoms with van der Waals surface area (Å²) in [5.41, 5.74) is 0.0123. The second kappa shape index (κ2) is 6.38. The molecule has 0 N–H and O–H groups in total. The molecule has 0 radical (unpaired) electrons. The Morgan fingerprint density at radius 2 is 0.944 bits per heavy atom. The third-order valence-corrected chi connectivity index (χ3v) is 3.47. The van der Waals surface area contributed by atoms with Gasteiger partial charge in [-0.15, -0.1) is 0 Å². The van der Waals surface area contributed by atoms with Gasteiger partial charge in [-0.25, -0.2) is 0 Å². The van der Waals surface area contributed by atoms with Gasteiger partial charge < -0.3 is 9.47 Å². The van der Waals surface area contributed by atoms with Gasteiger partial charge in [-0.1, -0.05) is 0 Å². The molecule has 2 nitrogen and oxygen atoms in total. The predicted molar refractivity (Wildman–Crippen MR) is 76.9 cm³/mol. The number of hydrogen-bond acceptors (Lipinski definition) is 2. The summed E-state index contributed by atoms with van der Waals surface area (Å²) < 4.78 is 11.8. The van der Waals surface area contributed by atoms with Crippen molar-refractivity contribution in [1.29, 1.82) is 0 Å². The molecule has 1 saturated carbocycles. The van der Waals surface area contributed by atoms with E-state index in [2.05, 4.69) is 41.5 Å². The fourth-order valence-electron chi connectivity index (χ4n) is 2.30. The van der Waals surface area contributed by atoms with Crippen LogP contribution in [0.4, 0.5) is 0 Å². The molecule has 0 saturated heterocycles. The second-order valence-corrected chi connectivity index (χ2v) is 7.73. The van der Waals surface area contributed by atoms with E-state index in [4.69, 9.17) is 9.47 Å². The van der Waals surface area contributed by atoms with Gasteiger partial charge in [0, 0.05) is 0 Å². The van der Waals surface area contributed by atoms with Gasteiger partial charge in [-0.05, 0) is 79.1 Å². The summed E-state index contributed by atoms with van der Waals surface area (Å²) in [4.78, 5) is 0. The van der Waals surface area contributed by atoms with E-state index in [1.807, 2.05) is 0 Å². The van der Waals surface area contributed by atoms with E-state index in [1.54, 1.807) is 0 Å². The van der Waals surface area contributed by atoms with Crippen molar-refractivity contribution in [2.24, 2.45) is 11.8 Å². The van der Waals surface area contributed by atoms with Crippen LogP contribution in [0.15, 0.2) is 0 Å². The Kier molecular flexibility index (Phi) is 5.67. The molecule has 2 heteroatoms. The van der Waals surface area contributed by atoms with Gasteiger partial charge in [-0.3, -0.25) is 0 Å². The van der Waals surface area contributed by atoms with Crippen molar-refractivity contribution in [1.82, 2.24) is 0 Å². The second-order valence-electron chi connectivity index (χ2n) is 7.73. The molecule has 108 valence electrons. The maximum absolute atomic E-state index is 5.89. The van der Waals surface area contributed by atoms with Crippen molar-refractivity contribution in [2.45, 2.75) is 78.4 Å². The number of hydrogen-bond donors (Lipinski definition) is 0. The molecular weight excluding hydrogens is 224 g/mol. The molecule has 0 unspecified atom stereocenters. The molecule has 0 amide bonds. The Morgan fingerprint density at radius 1 is 0.667 bits per heavy atom. The van der Waals surface area contributed by atoms with E-state index < -0.39 is 0 Å². The van der Waals surface area contributed by atoms with Crippen LogP contribution in [0.2, 0.25) is 0 Å². The Labute approximate surface area is 113 Å². The average molecular weight is 256 g/mol. The van der Waals surface area contributed by atoms with Gasteiger partial charge >= 0.3 is 0 Å². The Morgan fingerprint density at radius 3 is 1.17 bits per heavy atom. The highest BCUT2D eigenvalue weighted by Crippen LogP contribution is 2.30. The van der Waals surface area contributed by atoms with Crippen LogP contribution < -0.4 is 0 Å². The zero-order valence-electron chi connectivity index (χ0n) is 13.2. The van der Waals surface area contributed by atoms with Crippen LogP contribution in [0, 0.1) is 11.8 Å². The number of rotatable bonds is 4. The van der Waals surface area contributed by atoms with Crippen LogP contribution in [0.5, 0.6) is 0 Å². The first-order chi connectivity index (χ1) is 8.16. The highest BCUT2D eigenvalue weighted by molar-refractivity contribution is 4.74. The van der Waals surface area contributed by atoms with Crippen LogP contribution >= 0.6 is 0 Å². The molecule has 0 heterocycles. The van der Waals surface area contributed by atoms with Crippen LogP contribution in [0.3, 0.4) is 0 Å². The molecule has 1 aliphatic carbocycles. The Hall–Kier alpha value is -0.0800. The minimum absolute atomic E-state index is 0.00615. The molecule has 0 spiro atoms. The minimum atomic E-state index is 0.00615. The minimum Gasteiger partial charge on any atom is -0.376 e. The van der Waals surface area contributed by atoms with Crippen molar-refractivity contribution in [3.63, 3.8) is 0 Å². The smallest absolute Gasteiger partial charge is 0.0598 e. The summed E-state index contributed by atoms with van der Waals surface area (Å²) >= 11 is 0. The lowest BCUT2D eigenvalue weighted by molar-refractivity contribution is -0.0473. The van der Waals surface area contributed by atoms with E-state index in [1.165, 1.54) is 25.7 Å². The Bertz CT molecular complexity index is 200. The van der Waals surface area contributed by atoms with E-state index in [9.17, 15) is 0 Å². The van der Waals surface area contributed by atoms with Crippen molar-refractivity contribution >= 4 is 0 Å². The van der Waals surface area contributed by atoms with Gasteiger partial charge in [0.25, 0.3) is 0 Å². The largest absolute Gasteiger partial charge is 0.376 e. The summed E-state index contributed by atoms with van der Waals surface area (Å²) in [5, 5.41) is 0. The average Bonchev–Trinajstić information content (AvgIpc) is 2.23. The standard InChI is InChI=1S/C16H32O2/c1-15(2,3)17-11-13-7-9-14(10-8-13)12-18-16(4,5)6/h13-14H,7-12H2,1-6H3. The SMILES string of the molecule is CC(C)(C)OCC1CCC(COC(C)(C)C)CC1. The van der Waals surface area contributed by atoms with Crippen LogP contribution in [-0.4, -0.2) is 24.4 Å². The zero-order chi connectivity index (χ0) is 13.8. The summed E-state index contributed by atoms with van der Waals surface area (Å²) in [7, 11) is 0. The quantitative estimate of drug-likeness (QED) is 0.741. The van der Waals surface area contributed by atoms with Gasteiger partial charge in [0.15, 0.2) is 0 Å². The lowest BCUT2D eigenvalue weighted by Crippen LogP contribution is -2.29. The van der Waals surface area contributed by atoms with Crippen molar-refractivity contribution in [3.8, 4) is 0 Å². The van der Waals surface area contributed by atoms with Crippen molar-refractivity contribution in [3.05, 3.63) is 0 Å². The predicted octanol–water partition coefficient (Wildman–Crippen LogP) is 4.42. The maximum atomic E-state index is 5.89. The van der Waals surface area contributed by atoms with Crippen LogP contribution in [0.1, 0.15) is 67.2 Å². The molecule has 0 aromatic heterocycles. The van der Waals surface area contributed by atoms with Gasteiger partial charge in [-0.2, -0.15) is 0 Å². The van der Waals surface area contributed by atoms with Crippen LogP contribution in [-0.2, 0) is 9.47 Å². The Balaban J connectivity index is 2.17. The van der Waals surface area contributed by atoms with Crippen LogP contribution in [0.25, 0.3) is 0 Å². The van der Waals surface area contributed by atoms with E-state index >= 15 is 0 Å². The molecule has 18 heavy (non-hydrogen) atoms. The summed E-state index contributed by atoms with van der Waals surface area (Å²) in [5.74, 6) is 1.52. The molecule has 0 atom stereocenters. The van der Waals surface area contributed by atoms with Crippen molar-refractivity contribution in [2.75, 3.05) is 13.2 Å². The summed E-state index contributed by atoms with van der Waals surface area (Å²) in [6.45, 7) is 14.7. The van der Waals surface area contributed by atoms with E-state index in [0.29, 0.717) is 0 Å². The molecule has 0 bridgehead atoms. The first-order valence-corrected chi connectivity index (χ1v) is 7.44. The van der Waals surface area contributed by atoms with Gasteiger partial charge in [0.05, 0.1) is 24.4 Å². The third-order valence-electron chi connectivity index (χ3n) is 3.47. The lowest BCUT2D eigenvalue weighted by atomic mass is 9.82. The first-order valence-electron chi connectivity index (χ1n) is 7.44. The van der Waals surface area contributed by atoms with Crippen molar-refractivity contribution < 1.29 is 9.47 Å². The number of ether oxygens (including phenoxy) is 2. The normalized spacial score (nSPS) is 26.3. The fraction of sp³-hybridized carbons (Fsp3) is 1.00. The monoisotopic (exact) mass is 256 g/mol. The first kappa shape index (κ1) is 16.0. The summed E-state index contributed by atoms with van der Waals surface area (Å²) in [6.07, 6.45) is 5.20. The highest BCUT2D eigenvalue weighted by Gasteiger charge is 2.24. The summed E-state index contributed by atoms with van der Waals surface area (Å²) in [6, 6.07) is 0. The molecule has 1 rings (SSSR count). The van der Waals surface area contributed by atoms with Gasteiger partial charge in [0.1, 0.15) is 0 Å². The van der Waals surface area contributed by atoms with Gasteiger partial charge in [0.2, 0.25) is 0 Å². The fourth-order valence-corrected chi connectivity index (χ4v) is 2.30.